The van der Waals surface area contributed by atoms with E-state index in [1.807, 2.05) is 42.7 Å². The number of Topliss-reactive ketones (excluding diaryl/α,β-unsaturated/α-hetero) is 2. The Morgan fingerprint density at radius 3 is 2.62 bits per heavy atom. The van der Waals surface area contributed by atoms with Crippen molar-refractivity contribution >= 4 is 23.0 Å². The molecule has 0 spiro atoms. The van der Waals surface area contributed by atoms with Crippen molar-refractivity contribution in [1.29, 1.82) is 0 Å². The third kappa shape index (κ3) is 6.74. The predicted octanol–water partition coefficient (Wildman–Crippen LogP) is 5.61. The van der Waals surface area contributed by atoms with Crippen LogP contribution in [0.2, 0.25) is 0 Å². The number of aryl methyl sites for hydroxylation is 1. The first kappa shape index (κ1) is 32.2. The molecule has 5 N–H and O–H groups in total. The molecule has 45 heavy (non-hydrogen) atoms. The van der Waals surface area contributed by atoms with E-state index >= 15 is 0 Å². The number of aliphatic hydroxyl groups is 2. The SMILES string of the molecule is CCCCCCCC(=O)[C@H](O)C(=O)CCc1cc(OC)c(O)c([C@@H]2c3ccnc4c3C(=C[C@@]2(CO)Cc2ccc[nH]2)C=CN4)c1. The summed E-state index contributed by atoms with van der Waals surface area (Å²) in [5, 5.41) is 36.4. The van der Waals surface area contributed by atoms with Crippen molar-refractivity contribution in [1.82, 2.24) is 9.97 Å². The lowest BCUT2D eigenvalue weighted by atomic mass is 9.61. The standard InChI is InChI=1S/C36H43N3O6/c1-3-4-5-6-7-10-28(41)34(44)29(42)12-11-23-18-27(33(43)30(19-23)45-2)32-26-14-17-39-35-31(26)24(13-16-38-35)20-36(32,22-40)21-25-9-8-15-37-25/h8-9,13-20,32,34,37,40,43-44H,3-7,10-12,21-22H2,1-2H3,(H,38,39)/t32-,34-,36-/m0/s1. The molecule has 3 heterocycles. The summed E-state index contributed by atoms with van der Waals surface area (Å²) in [5.74, 6) is -0.598. The van der Waals surface area contributed by atoms with Crippen LogP contribution in [0, 0.1) is 5.41 Å². The van der Waals surface area contributed by atoms with Crippen LogP contribution in [0.25, 0.3) is 5.57 Å². The second kappa shape index (κ2) is 14.3. The number of nitrogens with one attached hydrogen (secondary N) is 2. The number of methoxy groups -OCH3 is 1. The second-order valence-electron chi connectivity index (χ2n) is 12.1. The maximum absolute atomic E-state index is 12.9. The molecule has 0 radical (unpaired) electrons. The zero-order valence-electron chi connectivity index (χ0n) is 26.0. The number of unbranched alkanes of at least 4 members (excludes halogenated alkanes) is 4. The van der Waals surface area contributed by atoms with Crippen LogP contribution in [0.4, 0.5) is 5.82 Å². The van der Waals surface area contributed by atoms with Crippen LogP contribution in [0.15, 0.2) is 61.1 Å². The van der Waals surface area contributed by atoms with Gasteiger partial charge in [-0.15, -0.1) is 0 Å². The van der Waals surface area contributed by atoms with Crippen molar-refractivity contribution < 1.29 is 29.6 Å². The van der Waals surface area contributed by atoms with Crippen LogP contribution in [0.1, 0.15) is 85.7 Å². The van der Waals surface area contributed by atoms with E-state index in [0.29, 0.717) is 29.8 Å². The number of anilines is 1. The molecule has 3 atom stereocenters. The molecule has 0 saturated carbocycles. The van der Waals surface area contributed by atoms with Gasteiger partial charge in [-0.05, 0) is 66.3 Å². The third-order valence-corrected chi connectivity index (χ3v) is 9.05. The Morgan fingerprint density at radius 1 is 1.09 bits per heavy atom. The van der Waals surface area contributed by atoms with Crippen LogP contribution in [0.5, 0.6) is 11.5 Å². The van der Waals surface area contributed by atoms with Gasteiger partial charge in [-0.2, -0.15) is 0 Å². The zero-order valence-corrected chi connectivity index (χ0v) is 26.0. The van der Waals surface area contributed by atoms with Crippen molar-refractivity contribution in [3.8, 4) is 11.5 Å². The van der Waals surface area contributed by atoms with Gasteiger partial charge in [-0.1, -0.05) is 44.7 Å². The number of ether oxygens (including phenoxy) is 1. The van der Waals surface area contributed by atoms with Crippen molar-refractivity contribution in [2.45, 2.75) is 76.7 Å². The Bertz CT molecular complexity index is 1580. The molecule has 1 aliphatic heterocycles. The van der Waals surface area contributed by atoms with Gasteiger partial charge in [0, 0.05) is 59.6 Å². The number of phenolic OH excluding ortho intramolecular Hbond substituents is 1. The molecule has 0 saturated heterocycles. The predicted molar refractivity (Wildman–Crippen MR) is 173 cm³/mol. The monoisotopic (exact) mass is 613 g/mol. The number of benzene rings is 1. The molecule has 5 rings (SSSR count). The molecule has 2 aliphatic rings. The first-order valence-corrected chi connectivity index (χ1v) is 15.8. The number of aliphatic hydroxyl groups excluding tert-OH is 2. The number of carbonyl (C=O) groups excluding carboxylic acids is 2. The van der Waals surface area contributed by atoms with Crippen LogP contribution in [-0.2, 0) is 22.4 Å². The van der Waals surface area contributed by atoms with Gasteiger partial charge in [0.2, 0.25) is 0 Å². The normalized spacial score (nSPS) is 18.9. The number of allylic oxidation sites excluding steroid dienone is 2. The van der Waals surface area contributed by atoms with Gasteiger partial charge in [0.05, 0.1) is 13.7 Å². The fourth-order valence-corrected chi connectivity index (χ4v) is 6.73. The maximum Gasteiger partial charge on any atom is 0.170 e. The van der Waals surface area contributed by atoms with Gasteiger partial charge >= 0.3 is 0 Å². The van der Waals surface area contributed by atoms with Gasteiger partial charge in [0.1, 0.15) is 5.82 Å². The lowest BCUT2D eigenvalue weighted by molar-refractivity contribution is -0.138. The van der Waals surface area contributed by atoms with Crippen molar-refractivity contribution in [3.05, 3.63) is 89.0 Å². The summed E-state index contributed by atoms with van der Waals surface area (Å²) in [6.07, 6.45) is 13.4. The minimum absolute atomic E-state index is 0.0438. The fourth-order valence-electron chi connectivity index (χ4n) is 6.73. The van der Waals surface area contributed by atoms with Crippen molar-refractivity contribution in [2.75, 3.05) is 19.0 Å². The lowest BCUT2D eigenvalue weighted by Crippen LogP contribution is -2.38. The Kier molecular flexibility index (Phi) is 10.2. The number of hydrogen-bond donors (Lipinski definition) is 5. The molecule has 9 heteroatoms. The third-order valence-electron chi connectivity index (χ3n) is 9.05. The molecule has 0 fully saturated rings. The highest BCUT2D eigenvalue weighted by Crippen LogP contribution is 2.56. The van der Waals surface area contributed by atoms with Crippen molar-refractivity contribution in [3.63, 3.8) is 0 Å². The molecule has 238 valence electrons. The van der Waals surface area contributed by atoms with E-state index < -0.39 is 29.0 Å². The number of nitrogens with zero attached hydrogens (tertiary/aromatic N) is 1. The molecule has 1 aromatic carbocycles. The first-order valence-electron chi connectivity index (χ1n) is 15.8. The van der Waals surface area contributed by atoms with E-state index in [0.717, 1.165) is 48.1 Å². The number of aromatic nitrogens is 2. The number of H-pyrrole nitrogens is 1. The van der Waals surface area contributed by atoms with Crippen LogP contribution < -0.4 is 10.1 Å². The molecule has 9 nitrogen and oxygen atoms in total. The summed E-state index contributed by atoms with van der Waals surface area (Å²) in [7, 11) is 1.47. The molecule has 0 bridgehead atoms. The fraction of sp³-hybridized carbons (Fsp3) is 0.417. The average Bonchev–Trinajstić information content (AvgIpc) is 3.57. The van der Waals surface area contributed by atoms with E-state index in [1.54, 1.807) is 12.3 Å². The smallest absolute Gasteiger partial charge is 0.170 e. The summed E-state index contributed by atoms with van der Waals surface area (Å²) >= 11 is 0. The van der Waals surface area contributed by atoms with Gasteiger partial charge in [0.15, 0.2) is 29.2 Å². The number of pyridine rings is 1. The number of rotatable bonds is 16. The maximum atomic E-state index is 12.9. The Balaban J connectivity index is 1.47. The summed E-state index contributed by atoms with van der Waals surface area (Å²) in [6.45, 7) is 1.91. The topological polar surface area (TPSA) is 145 Å². The second-order valence-corrected chi connectivity index (χ2v) is 12.1. The number of carbonyl (C=O) groups is 2. The minimum Gasteiger partial charge on any atom is -0.504 e. The van der Waals surface area contributed by atoms with Gasteiger partial charge in [-0.3, -0.25) is 9.59 Å². The highest BCUT2D eigenvalue weighted by atomic mass is 16.5. The first-order chi connectivity index (χ1) is 21.8. The highest BCUT2D eigenvalue weighted by molar-refractivity contribution is 6.05. The quantitative estimate of drug-likeness (QED) is 0.104. The molecular weight excluding hydrogens is 570 g/mol. The Hall–Kier alpha value is -4.21. The molecule has 3 aromatic rings. The van der Waals surface area contributed by atoms with E-state index in [1.165, 1.54) is 7.11 Å². The largest absolute Gasteiger partial charge is 0.504 e. The van der Waals surface area contributed by atoms with Gasteiger partial charge < -0.3 is 30.4 Å². The summed E-state index contributed by atoms with van der Waals surface area (Å²) in [6, 6.07) is 9.32. The minimum atomic E-state index is -1.64. The number of aromatic hydroxyl groups is 1. The average molecular weight is 614 g/mol. The van der Waals surface area contributed by atoms with E-state index in [4.69, 9.17) is 4.74 Å². The molecular formula is C36H43N3O6. The number of phenols is 1. The number of ketones is 2. The summed E-state index contributed by atoms with van der Waals surface area (Å²) in [5.41, 5.74) is 4.04. The van der Waals surface area contributed by atoms with Crippen LogP contribution >= 0.6 is 0 Å². The number of aromatic amines is 1. The molecule has 0 amide bonds. The zero-order chi connectivity index (χ0) is 32.0. The summed E-state index contributed by atoms with van der Waals surface area (Å²) < 4.78 is 5.60. The van der Waals surface area contributed by atoms with Crippen LogP contribution in [-0.4, -0.2) is 56.7 Å². The Labute approximate surface area is 264 Å². The van der Waals surface area contributed by atoms with Gasteiger partial charge in [-0.25, -0.2) is 4.98 Å². The summed E-state index contributed by atoms with van der Waals surface area (Å²) in [4.78, 5) is 33.2. The van der Waals surface area contributed by atoms with Crippen molar-refractivity contribution in [2.24, 2.45) is 5.41 Å². The van der Waals surface area contributed by atoms with E-state index in [-0.39, 0.29) is 37.4 Å². The van der Waals surface area contributed by atoms with E-state index in [2.05, 4.69) is 28.3 Å². The van der Waals surface area contributed by atoms with Crippen LogP contribution in [0.3, 0.4) is 0 Å². The molecule has 1 aliphatic carbocycles. The van der Waals surface area contributed by atoms with Gasteiger partial charge in [0.25, 0.3) is 0 Å². The van der Waals surface area contributed by atoms with E-state index in [9.17, 15) is 24.9 Å². The highest BCUT2D eigenvalue weighted by Gasteiger charge is 2.46. The molecule has 2 aromatic heterocycles. The number of hydrogen-bond acceptors (Lipinski definition) is 8. The molecule has 0 unspecified atom stereocenters. The Morgan fingerprint density at radius 2 is 1.89 bits per heavy atom. The lowest BCUT2D eigenvalue weighted by Gasteiger charge is -2.43.